The second-order valence-electron chi connectivity index (χ2n) is 5.88. The first kappa shape index (κ1) is 14.3. The maximum Gasteiger partial charge on any atom is 0.226 e. The normalized spacial score (nSPS) is 27.0. The molecule has 5 heteroatoms. The molecule has 5 nitrogen and oxygen atoms in total. The zero-order chi connectivity index (χ0) is 14.7. The van der Waals surface area contributed by atoms with Crippen LogP contribution in [0.2, 0.25) is 0 Å². The minimum atomic E-state index is 0.181. The topological polar surface area (TPSA) is 52.2 Å². The number of rotatable bonds is 3. The van der Waals surface area contributed by atoms with Crippen LogP contribution in [0.5, 0.6) is 0 Å². The summed E-state index contributed by atoms with van der Waals surface area (Å²) >= 11 is 0. The number of likely N-dealkylation sites (N-methyl/N-ethyl adjacent to an activating group) is 1. The number of nitrogens with one attached hydrogen (secondary N) is 1. The predicted octanol–water partition coefficient (Wildman–Crippen LogP) is 1.97. The summed E-state index contributed by atoms with van der Waals surface area (Å²) in [6.45, 7) is 5.67. The molecule has 1 N–H and O–H groups in total. The zero-order valence-electron chi connectivity index (χ0n) is 12.7. The molecule has 0 bridgehead atoms. The summed E-state index contributed by atoms with van der Waals surface area (Å²) in [5.74, 6) is 1.48. The van der Waals surface area contributed by atoms with Gasteiger partial charge in [0.05, 0.1) is 6.04 Å². The first-order valence-corrected chi connectivity index (χ1v) is 7.96. The van der Waals surface area contributed by atoms with Gasteiger partial charge in [-0.25, -0.2) is 4.98 Å². The molecular formula is C16H24N4O. The van der Waals surface area contributed by atoms with E-state index in [2.05, 4.69) is 33.9 Å². The van der Waals surface area contributed by atoms with Crippen LogP contribution in [0.3, 0.4) is 0 Å². The molecule has 2 aliphatic rings. The fourth-order valence-corrected chi connectivity index (χ4v) is 3.39. The van der Waals surface area contributed by atoms with Gasteiger partial charge in [-0.2, -0.15) is 0 Å². The van der Waals surface area contributed by atoms with Gasteiger partial charge in [0.25, 0.3) is 0 Å². The highest BCUT2D eigenvalue weighted by Gasteiger charge is 2.33. The number of carbonyl (C=O) groups is 1. The number of aromatic nitrogens is 2. The molecule has 21 heavy (non-hydrogen) atoms. The van der Waals surface area contributed by atoms with Gasteiger partial charge >= 0.3 is 0 Å². The van der Waals surface area contributed by atoms with E-state index in [-0.39, 0.29) is 12.0 Å². The molecule has 0 spiro atoms. The molecule has 1 aromatic heterocycles. The molecule has 1 aliphatic carbocycles. The highest BCUT2D eigenvalue weighted by molar-refractivity contribution is 5.79. The standard InChI is InChI=1S/C16H24N4O/c1-2-19-10-11-20(12-14(19)15-17-8-9-18-15)16(21)13-6-4-3-5-7-13/h3-4,8-9,13-14H,2,5-7,10-12H2,1H3,(H,17,18)/t13-,14-/m1/s1. The maximum absolute atomic E-state index is 12.7. The van der Waals surface area contributed by atoms with Crippen LogP contribution >= 0.6 is 0 Å². The van der Waals surface area contributed by atoms with Crippen LogP contribution < -0.4 is 0 Å². The van der Waals surface area contributed by atoms with Crippen molar-refractivity contribution in [2.45, 2.75) is 32.2 Å². The Bertz CT molecular complexity index is 496. The van der Waals surface area contributed by atoms with Crippen molar-refractivity contribution in [1.29, 1.82) is 0 Å². The Balaban J connectivity index is 1.70. The van der Waals surface area contributed by atoms with Gasteiger partial charge in [0.1, 0.15) is 5.82 Å². The van der Waals surface area contributed by atoms with E-state index in [1.54, 1.807) is 6.20 Å². The number of imidazole rings is 1. The van der Waals surface area contributed by atoms with Crippen molar-refractivity contribution in [3.8, 4) is 0 Å². The van der Waals surface area contributed by atoms with E-state index in [1.165, 1.54) is 0 Å². The second-order valence-corrected chi connectivity index (χ2v) is 5.88. The monoisotopic (exact) mass is 288 g/mol. The lowest BCUT2D eigenvalue weighted by Crippen LogP contribution is -2.52. The van der Waals surface area contributed by atoms with E-state index < -0.39 is 0 Å². The van der Waals surface area contributed by atoms with Gasteiger partial charge in [-0.1, -0.05) is 19.1 Å². The van der Waals surface area contributed by atoms with Gasteiger partial charge < -0.3 is 9.88 Å². The number of nitrogens with zero attached hydrogens (tertiary/aromatic N) is 3. The lowest BCUT2D eigenvalue weighted by Gasteiger charge is -2.41. The van der Waals surface area contributed by atoms with E-state index in [1.807, 2.05) is 11.1 Å². The van der Waals surface area contributed by atoms with Crippen LogP contribution in [0, 0.1) is 5.92 Å². The Morgan fingerprint density at radius 2 is 2.33 bits per heavy atom. The maximum atomic E-state index is 12.7. The molecule has 1 aromatic rings. The molecule has 0 aromatic carbocycles. The molecule has 1 amide bonds. The lowest BCUT2D eigenvalue weighted by molar-refractivity contribution is -0.139. The molecular weight excluding hydrogens is 264 g/mol. The van der Waals surface area contributed by atoms with Crippen LogP contribution in [-0.4, -0.2) is 51.9 Å². The highest BCUT2D eigenvalue weighted by atomic mass is 16.2. The number of carbonyl (C=O) groups excluding carboxylic acids is 1. The second kappa shape index (κ2) is 6.43. The Hall–Kier alpha value is -1.62. The van der Waals surface area contributed by atoms with Crippen molar-refractivity contribution in [2.75, 3.05) is 26.2 Å². The number of aromatic amines is 1. The average Bonchev–Trinajstić information content (AvgIpc) is 3.08. The third-order valence-electron chi connectivity index (χ3n) is 4.66. The smallest absolute Gasteiger partial charge is 0.226 e. The van der Waals surface area contributed by atoms with E-state index in [0.717, 1.165) is 51.3 Å². The van der Waals surface area contributed by atoms with Gasteiger partial charge in [-0.15, -0.1) is 0 Å². The van der Waals surface area contributed by atoms with Crippen molar-refractivity contribution in [3.63, 3.8) is 0 Å². The average molecular weight is 288 g/mol. The predicted molar refractivity (Wildman–Crippen MR) is 81.6 cm³/mol. The van der Waals surface area contributed by atoms with Crippen molar-refractivity contribution in [1.82, 2.24) is 19.8 Å². The Morgan fingerprint density at radius 1 is 1.43 bits per heavy atom. The van der Waals surface area contributed by atoms with E-state index >= 15 is 0 Å². The molecule has 114 valence electrons. The number of hydrogen-bond donors (Lipinski definition) is 1. The SMILES string of the molecule is CCN1CCN(C(=O)[C@@H]2CC=CCC2)C[C@@H]1c1ncc[nH]1. The Morgan fingerprint density at radius 3 is 3.00 bits per heavy atom. The fraction of sp³-hybridized carbons (Fsp3) is 0.625. The third-order valence-corrected chi connectivity index (χ3v) is 4.66. The summed E-state index contributed by atoms with van der Waals surface area (Å²) < 4.78 is 0. The van der Waals surface area contributed by atoms with Crippen molar-refractivity contribution in [2.24, 2.45) is 5.92 Å². The van der Waals surface area contributed by atoms with Gasteiger partial charge in [0, 0.05) is 37.9 Å². The molecule has 1 aliphatic heterocycles. The number of hydrogen-bond acceptors (Lipinski definition) is 3. The van der Waals surface area contributed by atoms with Gasteiger partial charge in [0.2, 0.25) is 5.91 Å². The van der Waals surface area contributed by atoms with E-state index in [9.17, 15) is 4.79 Å². The highest BCUT2D eigenvalue weighted by Crippen LogP contribution is 2.26. The fourth-order valence-electron chi connectivity index (χ4n) is 3.39. The third kappa shape index (κ3) is 3.02. The number of piperazine rings is 1. The van der Waals surface area contributed by atoms with Crippen molar-refractivity contribution >= 4 is 5.91 Å². The van der Waals surface area contributed by atoms with Gasteiger partial charge in [-0.05, 0) is 25.8 Å². The summed E-state index contributed by atoms with van der Waals surface area (Å²) in [4.78, 5) is 24.7. The van der Waals surface area contributed by atoms with E-state index in [0.29, 0.717) is 5.91 Å². The lowest BCUT2D eigenvalue weighted by atomic mass is 9.92. The Labute approximate surface area is 126 Å². The summed E-state index contributed by atoms with van der Waals surface area (Å²) in [6.07, 6.45) is 10.9. The number of allylic oxidation sites excluding steroid dienone is 2. The first-order valence-electron chi connectivity index (χ1n) is 7.96. The first-order chi connectivity index (χ1) is 10.3. The minimum absolute atomic E-state index is 0.181. The number of amides is 1. The minimum Gasteiger partial charge on any atom is -0.347 e. The number of H-pyrrole nitrogens is 1. The van der Waals surface area contributed by atoms with Crippen LogP contribution in [0.4, 0.5) is 0 Å². The van der Waals surface area contributed by atoms with Crippen LogP contribution in [0.25, 0.3) is 0 Å². The van der Waals surface area contributed by atoms with E-state index in [4.69, 9.17) is 0 Å². The van der Waals surface area contributed by atoms with Gasteiger partial charge in [0.15, 0.2) is 0 Å². The molecule has 1 fully saturated rings. The van der Waals surface area contributed by atoms with Crippen LogP contribution in [0.15, 0.2) is 24.5 Å². The van der Waals surface area contributed by atoms with Crippen molar-refractivity contribution < 1.29 is 4.79 Å². The summed E-state index contributed by atoms with van der Waals surface area (Å²) in [7, 11) is 0. The quantitative estimate of drug-likeness (QED) is 0.865. The molecule has 0 unspecified atom stereocenters. The largest absolute Gasteiger partial charge is 0.347 e. The van der Waals surface area contributed by atoms with Gasteiger partial charge in [-0.3, -0.25) is 9.69 Å². The Kier molecular flexibility index (Phi) is 4.39. The summed E-state index contributed by atoms with van der Waals surface area (Å²) in [5.41, 5.74) is 0. The van der Waals surface area contributed by atoms with Crippen LogP contribution in [0.1, 0.15) is 38.1 Å². The molecule has 1 saturated heterocycles. The van der Waals surface area contributed by atoms with Crippen molar-refractivity contribution in [3.05, 3.63) is 30.4 Å². The molecule has 3 rings (SSSR count). The molecule has 2 atom stereocenters. The summed E-state index contributed by atoms with van der Waals surface area (Å²) in [5, 5.41) is 0. The zero-order valence-corrected chi connectivity index (χ0v) is 12.7. The summed E-state index contributed by atoms with van der Waals surface area (Å²) in [6, 6.07) is 0.196. The molecule has 2 heterocycles. The van der Waals surface area contributed by atoms with Crippen LogP contribution in [-0.2, 0) is 4.79 Å². The molecule has 0 saturated carbocycles. The molecule has 0 radical (unpaired) electrons.